The third kappa shape index (κ3) is 2.88. The standard InChI is InChI=1S/C12H22N4O2/c1-3-4-16-11(17)9-10(12(16)18)13-15-7-5-14(2)6-8-15/h10,13H,3-9H2,1-2H3. The highest BCUT2D eigenvalue weighted by atomic mass is 16.2. The van der Waals surface area contributed by atoms with E-state index in [-0.39, 0.29) is 17.9 Å². The molecule has 2 saturated heterocycles. The number of rotatable bonds is 4. The van der Waals surface area contributed by atoms with E-state index >= 15 is 0 Å². The van der Waals surface area contributed by atoms with Crippen molar-refractivity contribution in [1.29, 1.82) is 0 Å². The molecular formula is C12H22N4O2. The fourth-order valence-corrected chi connectivity index (χ4v) is 2.40. The van der Waals surface area contributed by atoms with Crippen molar-refractivity contribution in [2.75, 3.05) is 39.8 Å². The summed E-state index contributed by atoms with van der Waals surface area (Å²) in [5, 5.41) is 2.06. The first kappa shape index (κ1) is 13.5. The van der Waals surface area contributed by atoms with Gasteiger partial charge in [0, 0.05) is 32.7 Å². The number of carbonyl (C=O) groups excluding carboxylic acids is 2. The Morgan fingerprint density at radius 2 is 1.89 bits per heavy atom. The molecule has 1 N–H and O–H groups in total. The van der Waals surface area contributed by atoms with Gasteiger partial charge in [0.05, 0.1) is 6.42 Å². The van der Waals surface area contributed by atoms with Gasteiger partial charge in [0.15, 0.2) is 0 Å². The fourth-order valence-electron chi connectivity index (χ4n) is 2.40. The second-order valence-corrected chi connectivity index (χ2v) is 5.06. The molecule has 6 heteroatoms. The highest BCUT2D eigenvalue weighted by molar-refractivity contribution is 6.05. The predicted molar refractivity (Wildman–Crippen MR) is 67.6 cm³/mol. The zero-order valence-corrected chi connectivity index (χ0v) is 11.2. The number of hydrogen-bond acceptors (Lipinski definition) is 5. The smallest absolute Gasteiger partial charge is 0.248 e. The number of likely N-dealkylation sites (tertiary alicyclic amines) is 1. The predicted octanol–water partition coefficient (Wildman–Crippen LogP) is -0.724. The number of piperazine rings is 1. The van der Waals surface area contributed by atoms with Crippen LogP contribution in [-0.2, 0) is 9.59 Å². The van der Waals surface area contributed by atoms with Crippen LogP contribution in [0.5, 0.6) is 0 Å². The lowest BCUT2D eigenvalue weighted by Crippen LogP contribution is -2.55. The number of imide groups is 1. The number of hydrogen-bond donors (Lipinski definition) is 1. The second-order valence-electron chi connectivity index (χ2n) is 5.06. The highest BCUT2D eigenvalue weighted by Crippen LogP contribution is 2.14. The average Bonchev–Trinajstić information content (AvgIpc) is 2.60. The summed E-state index contributed by atoms with van der Waals surface area (Å²) in [4.78, 5) is 27.4. The van der Waals surface area contributed by atoms with Gasteiger partial charge in [0.2, 0.25) is 11.8 Å². The van der Waals surface area contributed by atoms with Crippen molar-refractivity contribution in [1.82, 2.24) is 20.2 Å². The van der Waals surface area contributed by atoms with E-state index in [4.69, 9.17) is 0 Å². The monoisotopic (exact) mass is 254 g/mol. The van der Waals surface area contributed by atoms with Gasteiger partial charge in [0.1, 0.15) is 6.04 Å². The molecule has 2 fully saturated rings. The Kier molecular flexibility index (Phi) is 4.31. The van der Waals surface area contributed by atoms with Gasteiger partial charge in [-0.25, -0.2) is 10.4 Å². The van der Waals surface area contributed by atoms with E-state index in [1.54, 1.807) is 0 Å². The van der Waals surface area contributed by atoms with Crippen LogP contribution < -0.4 is 5.43 Å². The third-order valence-corrected chi connectivity index (χ3v) is 3.53. The maximum atomic E-state index is 12.0. The molecule has 0 radical (unpaired) electrons. The first-order valence-corrected chi connectivity index (χ1v) is 6.65. The zero-order valence-electron chi connectivity index (χ0n) is 11.2. The van der Waals surface area contributed by atoms with E-state index in [9.17, 15) is 9.59 Å². The van der Waals surface area contributed by atoms with Gasteiger partial charge in [0.25, 0.3) is 0 Å². The molecule has 0 aromatic rings. The van der Waals surface area contributed by atoms with E-state index in [1.807, 2.05) is 6.92 Å². The number of amides is 2. The summed E-state index contributed by atoms with van der Waals surface area (Å²) < 4.78 is 0. The summed E-state index contributed by atoms with van der Waals surface area (Å²) in [6.07, 6.45) is 1.11. The van der Waals surface area contributed by atoms with Gasteiger partial charge in [-0.1, -0.05) is 6.92 Å². The maximum Gasteiger partial charge on any atom is 0.248 e. The summed E-state index contributed by atoms with van der Waals surface area (Å²) in [7, 11) is 2.09. The van der Waals surface area contributed by atoms with Crippen molar-refractivity contribution < 1.29 is 9.59 Å². The van der Waals surface area contributed by atoms with Crippen LogP contribution >= 0.6 is 0 Å². The van der Waals surface area contributed by atoms with Crippen molar-refractivity contribution in [3.05, 3.63) is 0 Å². The highest BCUT2D eigenvalue weighted by Gasteiger charge is 2.38. The first-order chi connectivity index (χ1) is 8.61. The molecule has 1 unspecified atom stereocenters. The quantitative estimate of drug-likeness (QED) is 0.671. The van der Waals surface area contributed by atoms with Gasteiger partial charge in [-0.3, -0.25) is 14.5 Å². The SMILES string of the molecule is CCCN1C(=O)CC(NN2CCN(C)CC2)C1=O. The van der Waals surface area contributed by atoms with Crippen LogP contribution in [0.4, 0.5) is 0 Å². The first-order valence-electron chi connectivity index (χ1n) is 6.65. The molecule has 0 aliphatic carbocycles. The third-order valence-electron chi connectivity index (χ3n) is 3.53. The van der Waals surface area contributed by atoms with Crippen LogP contribution in [0.2, 0.25) is 0 Å². The Morgan fingerprint density at radius 3 is 2.50 bits per heavy atom. The minimum absolute atomic E-state index is 0.0477. The van der Waals surface area contributed by atoms with Crippen molar-refractivity contribution in [2.45, 2.75) is 25.8 Å². The van der Waals surface area contributed by atoms with Gasteiger partial charge in [-0.2, -0.15) is 0 Å². The molecule has 18 heavy (non-hydrogen) atoms. The molecule has 2 rings (SSSR count). The van der Waals surface area contributed by atoms with Crippen LogP contribution in [0.3, 0.4) is 0 Å². The van der Waals surface area contributed by atoms with Crippen LogP contribution in [0.15, 0.2) is 0 Å². The van der Waals surface area contributed by atoms with Gasteiger partial charge < -0.3 is 4.90 Å². The van der Waals surface area contributed by atoms with Crippen molar-refractivity contribution in [3.63, 3.8) is 0 Å². The Labute approximate surface area is 108 Å². The molecular weight excluding hydrogens is 232 g/mol. The zero-order chi connectivity index (χ0) is 13.1. The minimum Gasteiger partial charge on any atom is -0.304 e. The van der Waals surface area contributed by atoms with E-state index in [0.29, 0.717) is 13.0 Å². The molecule has 2 aliphatic heterocycles. The molecule has 1 atom stereocenters. The molecule has 2 amide bonds. The van der Waals surface area contributed by atoms with Crippen LogP contribution in [0.25, 0.3) is 0 Å². The van der Waals surface area contributed by atoms with Crippen molar-refractivity contribution in [3.8, 4) is 0 Å². The fraction of sp³-hybridized carbons (Fsp3) is 0.833. The van der Waals surface area contributed by atoms with Gasteiger partial charge in [-0.05, 0) is 13.5 Å². The summed E-state index contributed by atoms with van der Waals surface area (Å²) >= 11 is 0. The molecule has 2 heterocycles. The molecule has 6 nitrogen and oxygen atoms in total. The molecule has 0 bridgehead atoms. The van der Waals surface area contributed by atoms with Crippen LogP contribution in [0, 0.1) is 0 Å². The van der Waals surface area contributed by atoms with E-state index in [2.05, 4.69) is 22.4 Å². The lowest BCUT2D eigenvalue weighted by molar-refractivity contribution is -0.139. The number of nitrogens with zero attached hydrogens (tertiary/aromatic N) is 3. The Balaban J connectivity index is 1.87. The number of carbonyl (C=O) groups is 2. The lowest BCUT2D eigenvalue weighted by Gasteiger charge is -2.33. The molecule has 102 valence electrons. The lowest BCUT2D eigenvalue weighted by atomic mass is 10.2. The Morgan fingerprint density at radius 1 is 1.22 bits per heavy atom. The number of hydrazine groups is 1. The van der Waals surface area contributed by atoms with E-state index < -0.39 is 0 Å². The van der Waals surface area contributed by atoms with Crippen LogP contribution in [0.1, 0.15) is 19.8 Å². The van der Waals surface area contributed by atoms with Gasteiger partial charge >= 0.3 is 0 Å². The minimum atomic E-state index is -0.354. The van der Waals surface area contributed by atoms with Crippen molar-refractivity contribution in [2.24, 2.45) is 0 Å². The van der Waals surface area contributed by atoms with Gasteiger partial charge in [-0.15, -0.1) is 0 Å². The summed E-state index contributed by atoms with van der Waals surface area (Å²) in [6, 6.07) is -0.354. The molecule has 0 aromatic carbocycles. The average molecular weight is 254 g/mol. The number of likely N-dealkylation sites (N-methyl/N-ethyl adjacent to an activating group) is 1. The summed E-state index contributed by atoms with van der Waals surface area (Å²) in [5.74, 6) is -0.116. The second kappa shape index (κ2) is 5.77. The topological polar surface area (TPSA) is 55.9 Å². The van der Waals surface area contributed by atoms with Crippen molar-refractivity contribution >= 4 is 11.8 Å². The largest absolute Gasteiger partial charge is 0.304 e. The van der Waals surface area contributed by atoms with Crippen LogP contribution in [-0.4, -0.2) is 72.4 Å². The summed E-state index contributed by atoms with van der Waals surface area (Å²) in [5.41, 5.74) is 3.20. The van der Waals surface area contributed by atoms with E-state index in [0.717, 1.165) is 32.6 Å². The molecule has 0 saturated carbocycles. The number of nitrogens with one attached hydrogen (secondary N) is 1. The maximum absolute atomic E-state index is 12.0. The molecule has 2 aliphatic rings. The summed E-state index contributed by atoms with van der Waals surface area (Å²) in [6.45, 7) is 6.27. The Hall–Kier alpha value is -0.980. The molecule has 0 spiro atoms. The van der Waals surface area contributed by atoms with E-state index in [1.165, 1.54) is 4.90 Å². The normalized spacial score (nSPS) is 27.2. The molecule has 0 aromatic heterocycles. The Bertz CT molecular complexity index is 326.